The fourth-order valence-corrected chi connectivity index (χ4v) is 1.85. The topological polar surface area (TPSA) is 26.0 Å². The van der Waals surface area contributed by atoms with Crippen molar-refractivity contribution in [3.8, 4) is 0 Å². The summed E-state index contributed by atoms with van der Waals surface area (Å²) >= 11 is 6.02. The SMILES string of the molecule is Cc1cc(Cl)c(C(C)CCN)cc1F. The van der Waals surface area contributed by atoms with Gasteiger partial charge >= 0.3 is 0 Å². The van der Waals surface area contributed by atoms with E-state index in [-0.39, 0.29) is 11.7 Å². The normalized spacial score (nSPS) is 12.9. The molecule has 0 aliphatic carbocycles. The van der Waals surface area contributed by atoms with Gasteiger partial charge in [0, 0.05) is 5.02 Å². The quantitative estimate of drug-likeness (QED) is 0.823. The first-order chi connectivity index (χ1) is 6.56. The second-order valence-corrected chi connectivity index (χ2v) is 4.01. The summed E-state index contributed by atoms with van der Waals surface area (Å²) in [6, 6.07) is 3.18. The van der Waals surface area contributed by atoms with Crippen molar-refractivity contribution in [3.63, 3.8) is 0 Å². The summed E-state index contributed by atoms with van der Waals surface area (Å²) in [5, 5.41) is 0.629. The molecule has 0 heterocycles. The number of halogens is 2. The van der Waals surface area contributed by atoms with Crippen molar-refractivity contribution in [2.45, 2.75) is 26.2 Å². The molecule has 0 saturated carbocycles. The first kappa shape index (κ1) is 11.5. The summed E-state index contributed by atoms with van der Waals surface area (Å²) in [5.41, 5.74) is 6.88. The third-order valence-electron chi connectivity index (χ3n) is 2.41. The standard InChI is InChI=1S/C11H15ClFN/c1-7(3-4-14)9-6-11(13)8(2)5-10(9)12/h5-7H,3-4,14H2,1-2H3. The van der Waals surface area contributed by atoms with Crippen molar-refractivity contribution in [2.24, 2.45) is 5.73 Å². The van der Waals surface area contributed by atoms with Crippen LogP contribution in [0.4, 0.5) is 4.39 Å². The van der Waals surface area contributed by atoms with Crippen LogP contribution < -0.4 is 5.73 Å². The van der Waals surface area contributed by atoms with Crippen LogP contribution in [0.3, 0.4) is 0 Å². The Labute approximate surface area is 89.1 Å². The van der Waals surface area contributed by atoms with Crippen LogP contribution in [-0.2, 0) is 0 Å². The molecule has 1 atom stereocenters. The molecule has 0 amide bonds. The van der Waals surface area contributed by atoms with Crippen LogP contribution in [0.15, 0.2) is 12.1 Å². The highest BCUT2D eigenvalue weighted by atomic mass is 35.5. The fourth-order valence-electron chi connectivity index (χ4n) is 1.44. The lowest BCUT2D eigenvalue weighted by molar-refractivity contribution is 0.608. The summed E-state index contributed by atoms with van der Waals surface area (Å²) in [7, 11) is 0. The average molecular weight is 216 g/mol. The van der Waals surface area contributed by atoms with E-state index < -0.39 is 0 Å². The van der Waals surface area contributed by atoms with E-state index in [2.05, 4.69) is 0 Å². The van der Waals surface area contributed by atoms with Crippen LogP contribution in [0.1, 0.15) is 30.4 Å². The Kier molecular flexibility index (Phi) is 3.90. The Morgan fingerprint density at radius 3 is 2.71 bits per heavy atom. The minimum atomic E-state index is -0.201. The van der Waals surface area contributed by atoms with Gasteiger partial charge in [0.05, 0.1) is 0 Å². The molecule has 14 heavy (non-hydrogen) atoms. The Morgan fingerprint density at radius 2 is 2.14 bits per heavy atom. The molecule has 1 unspecified atom stereocenters. The molecule has 1 rings (SSSR count). The second kappa shape index (κ2) is 4.76. The molecule has 1 aromatic carbocycles. The first-order valence-electron chi connectivity index (χ1n) is 4.72. The van der Waals surface area contributed by atoms with E-state index >= 15 is 0 Å². The minimum Gasteiger partial charge on any atom is -0.330 e. The Bertz CT molecular complexity index is 325. The first-order valence-corrected chi connectivity index (χ1v) is 5.09. The molecule has 0 saturated heterocycles. The molecule has 2 N–H and O–H groups in total. The predicted molar refractivity (Wildman–Crippen MR) is 58.2 cm³/mol. The Hall–Kier alpha value is -0.600. The lowest BCUT2D eigenvalue weighted by atomic mass is 9.96. The highest BCUT2D eigenvalue weighted by Crippen LogP contribution is 2.28. The largest absolute Gasteiger partial charge is 0.330 e. The number of nitrogens with two attached hydrogens (primary N) is 1. The zero-order valence-electron chi connectivity index (χ0n) is 8.48. The lowest BCUT2D eigenvalue weighted by Gasteiger charge is -2.13. The predicted octanol–water partition coefficient (Wildman–Crippen LogP) is 3.24. The fraction of sp³-hybridized carbons (Fsp3) is 0.455. The summed E-state index contributed by atoms with van der Waals surface area (Å²) < 4.78 is 13.3. The molecule has 3 heteroatoms. The third kappa shape index (κ3) is 2.46. The van der Waals surface area contributed by atoms with Gasteiger partial charge in [0.2, 0.25) is 0 Å². The third-order valence-corrected chi connectivity index (χ3v) is 2.74. The molecular formula is C11H15ClFN. The molecule has 1 aromatic rings. The smallest absolute Gasteiger partial charge is 0.126 e. The van der Waals surface area contributed by atoms with Gasteiger partial charge in [0.15, 0.2) is 0 Å². The van der Waals surface area contributed by atoms with Crippen LogP contribution in [0, 0.1) is 12.7 Å². The molecular weight excluding hydrogens is 201 g/mol. The monoisotopic (exact) mass is 215 g/mol. The summed E-state index contributed by atoms with van der Waals surface area (Å²) in [6.45, 7) is 4.30. The number of rotatable bonds is 3. The lowest BCUT2D eigenvalue weighted by Crippen LogP contribution is -2.05. The van der Waals surface area contributed by atoms with Gasteiger partial charge < -0.3 is 5.73 Å². The van der Waals surface area contributed by atoms with Gasteiger partial charge in [-0.15, -0.1) is 0 Å². The van der Waals surface area contributed by atoms with Gasteiger partial charge in [-0.05, 0) is 49.1 Å². The molecule has 0 spiro atoms. The van der Waals surface area contributed by atoms with Gasteiger partial charge in [-0.25, -0.2) is 4.39 Å². The highest BCUT2D eigenvalue weighted by molar-refractivity contribution is 6.31. The van der Waals surface area contributed by atoms with E-state index in [0.29, 0.717) is 17.1 Å². The average Bonchev–Trinajstić information content (AvgIpc) is 2.11. The van der Waals surface area contributed by atoms with Crippen molar-refractivity contribution in [2.75, 3.05) is 6.54 Å². The van der Waals surface area contributed by atoms with Gasteiger partial charge in [-0.3, -0.25) is 0 Å². The maximum atomic E-state index is 13.3. The summed E-state index contributed by atoms with van der Waals surface area (Å²) in [5.74, 6) is 0.0101. The van der Waals surface area contributed by atoms with Gasteiger partial charge in [0.1, 0.15) is 5.82 Å². The van der Waals surface area contributed by atoms with Crippen LogP contribution in [0.2, 0.25) is 5.02 Å². The Morgan fingerprint density at radius 1 is 1.50 bits per heavy atom. The minimum absolute atomic E-state index is 0.201. The summed E-state index contributed by atoms with van der Waals surface area (Å²) in [6.07, 6.45) is 0.822. The van der Waals surface area contributed by atoms with Gasteiger partial charge in [0.25, 0.3) is 0 Å². The van der Waals surface area contributed by atoms with Gasteiger partial charge in [-0.2, -0.15) is 0 Å². The van der Waals surface area contributed by atoms with Crippen LogP contribution in [0.5, 0.6) is 0 Å². The zero-order valence-corrected chi connectivity index (χ0v) is 9.24. The van der Waals surface area contributed by atoms with Crippen molar-refractivity contribution in [1.82, 2.24) is 0 Å². The van der Waals surface area contributed by atoms with Crippen molar-refractivity contribution < 1.29 is 4.39 Å². The molecule has 1 nitrogen and oxygen atoms in total. The van der Waals surface area contributed by atoms with E-state index in [1.807, 2.05) is 6.92 Å². The van der Waals surface area contributed by atoms with E-state index in [1.54, 1.807) is 13.0 Å². The maximum Gasteiger partial charge on any atom is 0.126 e. The van der Waals surface area contributed by atoms with Crippen molar-refractivity contribution in [3.05, 3.63) is 34.1 Å². The van der Waals surface area contributed by atoms with E-state index in [4.69, 9.17) is 17.3 Å². The van der Waals surface area contributed by atoms with Crippen molar-refractivity contribution >= 4 is 11.6 Å². The molecule has 78 valence electrons. The highest BCUT2D eigenvalue weighted by Gasteiger charge is 2.11. The number of hydrogen-bond acceptors (Lipinski definition) is 1. The molecule has 0 radical (unpaired) electrons. The van der Waals surface area contributed by atoms with E-state index in [9.17, 15) is 4.39 Å². The van der Waals surface area contributed by atoms with Crippen LogP contribution >= 0.6 is 11.6 Å². The van der Waals surface area contributed by atoms with E-state index in [1.165, 1.54) is 6.07 Å². The molecule has 0 aliphatic rings. The van der Waals surface area contributed by atoms with E-state index in [0.717, 1.165) is 12.0 Å². The van der Waals surface area contributed by atoms with Crippen molar-refractivity contribution in [1.29, 1.82) is 0 Å². The number of aryl methyl sites for hydroxylation is 1. The van der Waals surface area contributed by atoms with Gasteiger partial charge in [-0.1, -0.05) is 18.5 Å². The molecule has 0 bridgehead atoms. The molecule has 0 fully saturated rings. The molecule has 0 aromatic heterocycles. The number of benzene rings is 1. The second-order valence-electron chi connectivity index (χ2n) is 3.60. The maximum absolute atomic E-state index is 13.3. The molecule has 0 aliphatic heterocycles. The Balaban J connectivity index is 3.02. The summed E-state index contributed by atoms with van der Waals surface area (Å²) in [4.78, 5) is 0. The van der Waals surface area contributed by atoms with Crippen LogP contribution in [0.25, 0.3) is 0 Å². The zero-order chi connectivity index (χ0) is 10.7. The van der Waals surface area contributed by atoms with Crippen LogP contribution in [-0.4, -0.2) is 6.54 Å². The number of hydrogen-bond donors (Lipinski definition) is 1.